The van der Waals surface area contributed by atoms with E-state index in [9.17, 15) is 5.11 Å². The van der Waals surface area contributed by atoms with E-state index in [4.69, 9.17) is 14.6 Å². The third kappa shape index (κ3) is 3.91. The van der Waals surface area contributed by atoms with Gasteiger partial charge in [-0.25, -0.2) is 0 Å². The molecule has 0 aliphatic rings. The minimum atomic E-state index is -0.950. The highest BCUT2D eigenvalue weighted by atomic mass is 16.5. The van der Waals surface area contributed by atoms with E-state index in [0.717, 1.165) is 11.3 Å². The number of ether oxygens (including phenoxy) is 2. The van der Waals surface area contributed by atoms with Crippen molar-refractivity contribution in [1.82, 2.24) is 0 Å². The van der Waals surface area contributed by atoms with Gasteiger partial charge in [0.2, 0.25) is 0 Å². The molecule has 0 aliphatic carbocycles. The summed E-state index contributed by atoms with van der Waals surface area (Å²) < 4.78 is 10.4. The molecule has 1 aromatic carbocycles. The quantitative estimate of drug-likeness (QED) is 0.788. The Morgan fingerprint density at radius 3 is 2.47 bits per heavy atom. The Kier molecular flexibility index (Phi) is 4.78. The van der Waals surface area contributed by atoms with Crippen molar-refractivity contribution in [3.8, 4) is 11.5 Å². The van der Waals surface area contributed by atoms with E-state index in [0.29, 0.717) is 18.6 Å². The number of methoxy groups -OCH3 is 2. The smallest absolute Gasteiger partial charge is 0.122 e. The normalized spacial score (nSPS) is 14.2. The lowest BCUT2D eigenvalue weighted by atomic mass is 9.93. The zero-order valence-corrected chi connectivity index (χ0v) is 10.6. The summed E-state index contributed by atoms with van der Waals surface area (Å²) in [5.41, 5.74) is -0.0840. The summed E-state index contributed by atoms with van der Waals surface area (Å²) in [5.74, 6) is 1.43. The Morgan fingerprint density at radius 1 is 1.24 bits per heavy atom. The van der Waals surface area contributed by atoms with E-state index in [-0.39, 0.29) is 6.61 Å². The summed E-state index contributed by atoms with van der Waals surface area (Å²) in [4.78, 5) is 0. The van der Waals surface area contributed by atoms with Gasteiger partial charge < -0.3 is 19.7 Å². The van der Waals surface area contributed by atoms with Gasteiger partial charge in [0.25, 0.3) is 0 Å². The molecule has 0 amide bonds. The van der Waals surface area contributed by atoms with Crippen molar-refractivity contribution >= 4 is 0 Å². The summed E-state index contributed by atoms with van der Waals surface area (Å²) in [5, 5.41) is 19.0. The summed E-state index contributed by atoms with van der Waals surface area (Å²) in [6.07, 6.45) is 0.737. The molecule has 2 N–H and O–H groups in total. The molecule has 4 heteroatoms. The molecule has 0 spiro atoms. The predicted octanol–water partition coefficient (Wildman–Crippen LogP) is 1.38. The minimum absolute atomic E-state index is 0.0424. The van der Waals surface area contributed by atoms with Crippen LogP contribution in [0.15, 0.2) is 18.2 Å². The number of rotatable bonds is 6. The number of hydrogen-bond donors (Lipinski definition) is 2. The van der Waals surface area contributed by atoms with Gasteiger partial charge in [0.1, 0.15) is 11.5 Å². The van der Waals surface area contributed by atoms with E-state index >= 15 is 0 Å². The monoisotopic (exact) mass is 240 g/mol. The lowest BCUT2D eigenvalue weighted by Gasteiger charge is -2.23. The fourth-order valence-corrected chi connectivity index (χ4v) is 1.76. The van der Waals surface area contributed by atoms with Crippen LogP contribution in [0.4, 0.5) is 0 Å². The first-order valence-corrected chi connectivity index (χ1v) is 5.56. The summed E-state index contributed by atoms with van der Waals surface area (Å²) >= 11 is 0. The number of aliphatic hydroxyl groups excluding tert-OH is 1. The van der Waals surface area contributed by atoms with Gasteiger partial charge in [0, 0.05) is 18.6 Å². The number of hydrogen-bond acceptors (Lipinski definition) is 4. The third-order valence-electron chi connectivity index (χ3n) is 2.71. The first kappa shape index (κ1) is 13.8. The van der Waals surface area contributed by atoms with Crippen molar-refractivity contribution in [3.05, 3.63) is 23.8 Å². The zero-order valence-electron chi connectivity index (χ0n) is 10.6. The highest BCUT2D eigenvalue weighted by molar-refractivity contribution is 5.41. The molecular weight excluding hydrogens is 220 g/mol. The van der Waals surface area contributed by atoms with E-state index in [1.807, 2.05) is 18.2 Å². The van der Waals surface area contributed by atoms with Crippen LogP contribution in [0.3, 0.4) is 0 Å². The summed E-state index contributed by atoms with van der Waals surface area (Å²) in [7, 11) is 3.18. The van der Waals surface area contributed by atoms with Gasteiger partial charge in [-0.15, -0.1) is 0 Å². The van der Waals surface area contributed by atoms with Gasteiger partial charge in [0.15, 0.2) is 0 Å². The molecule has 0 heterocycles. The first-order chi connectivity index (χ1) is 8.02. The fourth-order valence-electron chi connectivity index (χ4n) is 1.76. The van der Waals surface area contributed by atoms with Crippen LogP contribution in [0.2, 0.25) is 0 Å². The molecule has 1 atom stereocenters. The standard InChI is InChI=1S/C13H20O4/c1-13(15,6-7-14)9-10-8-11(16-2)4-5-12(10)17-3/h4-5,8,14-15H,6-7,9H2,1-3H3/t13-/m1/s1. The van der Waals surface area contributed by atoms with Gasteiger partial charge in [0.05, 0.1) is 19.8 Å². The van der Waals surface area contributed by atoms with Crippen LogP contribution < -0.4 is 9.47 Å². The van der Waals surface area contributed by atoms with Crippen molar-refractivity contribution < 1.29 is 19.7 Å². The summed E-state index contributed by atoms with van der Waals surface area (Å²) in [6, 6.07) is 5.46. The molecule has 0 aliphatic heterocycles. The third-order valence-corrected chi connectivity index (χ3v) is 2.71. The SMILES string of the molecule is COc1ccc(OC)c(C[C@](C)(O)CCO)c1. The molecule has 1 rings (SSSR count). The van der Waals surface area contributed by atoms with Crippen LogP contribution in [0.25, 0.3) is 0 Å². The minimum Gasteiger partial charge on any atom is -0.497 e. The van der Waals surface area contributed by atoms with Crippen LogP contribution in [0.5, 0.6) is 11.5 Å². The maximum atomic E-state index is 10.1. The molecule has 17 heavy (non-hydrogen) atoms. The molecule has 4 nitrogen and oxygen atoms in total. The van der Waals surface area contributed by atoms with Crippen LogP contribution >= 0.6 is 0 Å². The van der Waals surface area contributed by atoms with Crippen LogP contribution in [0.1, 0.15) is 18.9 Å². The van der Waals surface area contributed by atoms with Crippen molar-refractivity contribution in [3.63, 3.8) is 0 Å². The Morgan fingerprint density at radius 2 is 1.94 bits per heavy atom. The second-order valence-corrected chi connectivity index (χ2v) is 4.33. The molecule has 1 aromatic rings. The van der Waals surface area contributed by atoms with Crippen LogP contribution in [0, 0.1) is 0 Å². The van der Waals surface area contributed by atoms with Crippen LogP contribution in [-0.2, 0) is 6.42 Å². The molecule has 0 fully saturated rings. The van der Waals surface area contributed by atoms with E-state index in [1.54, 1.807) is 21.1 Å². The zero-order chi connectivity index (χ0) is 12.9. The van der Waals surface area contributed by atoms with Gasteiger partial charge in [-0.3, -0.25) is 0 Å². The predicted molar refractivity (Wildman–Crippen MR) is 65.6 cm³/mol. The first-order valence-electron chi connectivity index (χ1n) is 5.56. The average molecular weight is 240 g/mol. The Labute approximate surface area is 102 Å². The lowest BCUT2D eigenvalue weighted by molar-refractivity contribution is 0.0333. The van der Waals surface area contributed by atoms with Crippen molar-refractivity contribution in [1.29, 1.82) is 0 Å². The second kappa shape index (κ2) is 5.89. The van der Waals surface area contributed by atoms with E-state index < -0.39 is 5.60 Å². The van der Waals surface area contributed by atoms with Gasteiger partial charge in [-0.05, 0) is 31.5 Å². The fraction of sp³-hybridized carbons (Fsp3) is 0.538. The molecule has 96 valence electrons. The highest BCUT2D eigenvalue weighted by Gasteiger charge is 2.22. The van der Waals surface area contributed by atoms with Crippen molar-refractivity contribution in [2.24, 2.45) is 0 Å². The molecule has 0 radical (unpaired) electrons. The number of aliphatic hydroxyl groups is 2. The lowest BCUT2D eigenvalue weighted by Crippen LogP contribution is -2.28. The highest BCUT2D eigenvalue weighted by Crippen LogP contribution is 2.28. The van der Waals surface area contributed by atoms with Crippen LogP contribution in [-0.4, -0.2) is 36.6 Å². The Hall–Kier alpha value is -1.26. The van der Waals surface area contributed by atoms with Crippen molar-refractivity contribution in [2.75, 3.05) is 20.8 Å². The largest absolute Gasteiger partial charge is 0.497 e. The number of benzene rings is 1. The average Bonchev–Trinajstić information content (AvgIpc) is 2.28. The maximum absolute atomic E-state index is 10.1. The Balaban J connectivity index is 2.94. The van der Waals surface area contributed by atoms with Crippen molar-refractivity contribution in [2.45, 2.75) is 25.4 Å². The molecule has 0 saturated carbocycles. The molecular formula is C13H20O4. The van der Waals surface area contributed by atoms with Gasteiger partial charge >= 0.3 is 0 Å². The topological polar surface area (TPSA) is 58.9 Å². The molecule has 0 aromatic heterocycles. The molecule has 0 unspecified atom stereocenters. The summed E-state index contributed by atoms with van der Waals surface area (Å²) in [6.45, 7) is 1.65. The molecule has 0 bridgehead atoms. The van der Waals surface area contributed by atoms with E-state index in [2.05, 4.69) is 0 Å². The Bertz CT molecular complexity index is 360. The van der Waals surface area contributed by atoms with E-state index in [1.165, 1.54) is 0 Å². The maximum Gasteiger partial charge on any atom is 0.122 e. The van der Waals surface area contributed by atoms with Gasteiger partial charge in [-0.2, -0.15) is 0 Å². The second-order valence-electron chi connectivity index (χ2n) is 4.33. The van der Waals surface area contributed by atoms with Gasteiger partial charge in [-0.1, -0.05) is 0 Å². The molecule has 0 saturated heterocycles.